The maximum Gasteiger partial charge on any atom is 0.132 e. The first-order chi connectivity index (χ1) is 14.8. The molecule has 0 aromatic carbocycles. The van der Waals surface area contributed by atoms with Crippen LogP contribution in [-0.4, -0.2) is 50.1 Å². The van der Waals surface area contributed by atoms with Gasteiger partial charge in [-0.2, -0.15) is 0 Å². The van der Waals surface area contributed by atoms with E-state index in [4.69, 9.17) is 30.3 Å². The summed E-state index contributed by atoms with van der Waals surface area (Å²) in [4.78, 5) is 14.2. The summed E-state index contributed by atoms with van der Waals surface area (Å²) in [5.41, 5.74) is 0. The number of aliphatic hydroxyl groups excluding tert-OH is 3. The molecular weight excluding hydrogens is 378 g/mol. The van der Waals surface area contributed by atoms with Crippen LogP contribution >= 0.6 is 0 Å². The lowest BCUT2D eigenvalue weighted by Gasteiger charge is -2.08. The summed E-state index contributed by atoms with van der Waals surface area (Å²) >= 11 is 0. The molecule has 0 saturated heterocycles. The van der Waals surface area contributed by atoms with E-state index in [0.29, 0.717) is 19.8 Å². The lowest BCUT2D eigenvalue weighted by molar-refractivity contribution is 0.282. The highest BCUT2D eigenvalue weighted by Gasteiger charge is 2.07. The van der Waals surface area contributed by atoms with Gasteiger partial charge in [0.1, 0.15) is 17.5 Å². The first-order valence-corrected chi connectivity index (χ1v) is 12.4. The van der Waals surface area contributed by atoms with Crippen LogP contribution in [0.1, 0.15) is 114 Å². The molecule has 0 aliphatic rings. The average molecular weight is 424 g/mol. The zero-order valence-electron chi connectivity index (χ0n) is 19.0. The lowest BCUT2D eigenvalue weighted by Crippen LogP contribution is -2.08. The molecule has 0 spiro atoms. The van der Waals surface area contributed by atoms with Crippen LogP contribution in [0.3, 0.4) is 0 Å². The molecule has 6 nitrogen and oxygen atoms in total. The van der Waals surface area contributed by atoms with E-state index in [1.54, 1.807) is 0 Å². The van der Waals surface area contributed by atoms with E-state index in [-0.39, 0.29) is 0 Å². The van der Waals surface area contributed by atoms with E-state index in [2.05, 4.69) is 0 Å². The Hall–Kier alpha value is -1.11. The number of hydrogen-bond acceptors (Lipinski definition) is 6. The van der Waals surface area contributed by atoms with Gasteiger partial charge >= 0.3 is 0 Å². The SMILES string of the molecule is OCCCCCCCc1nc(CCCCCCCO)nc(CCCCCCCO)n1. The molecule has 0 amide bonds. The van der Waals surface area contributed by atoms with Crippen molar-refractivity contribution in [2.24, 2.45) is 0 Å². The zero-order valence-corrected chi connectivity index (χ0v) is 19.0. The molecule has 0 fully saturated rings. The molecule has 0 aliphatic heterocycles. The fraction of sp³-hybridized carbons (Fsp3) is 0.875. The number of nitrogens with zero attached hydrogens (tertiary/aromatic N) is 3. The molecule has 3 N–H and O–H groups in total. The van der Waals surface area contributed by atoms with E-state index in [0.717, 1.165) is 133 Å². The van der Waals surface area contributed by atoms with Crippen molar-refractivity contribution in [2.45, 2.75) is 116 Å². The van der Waals surface area contributed by atoms with E-state index in [9.17, 15) is 0 Å². The van der Waals surface area contributed by atoms with Crippen molar-refractivity contribution >= 4 is 0 Å². The van der Waals surface area contributed by atoms with Crippen LogP contribution in [-0.2, 0) is 19.3 Å². The molecule has 0 radical (unpaired) electrons. The summed E-state index contributed by atoms with van der Waals surface area (Å²) in [5.74, 6) is 2.83. The molecular formula is C24H45N3O3. The van der Waals surface area contributed by atoms with E-state index < -0.39 is 0 Å². The van der Waals surface area contributed by atoms with Crippen LogP contribution in [0.4, 0.5) is 0 Å². The number of aromatic nitrogens is 3. The van der Waals surface area contributed by atoms with Crippen molar-refractivity contribution < 1.29 is 15.3 Å². The van der Waals surface area contributed by atoms with Gasteiger partial charge in [0.15, 0.2) is 0 Å². The predicted molar refractivity (Wildman–Crippen MR) is 121 cm³/mol. The summed E-state index contributed by atoms with van der Waals surface area (Å²) in [6, 6.07) is 0. The quantitative estimate of drug-likeness (QED) is 0.255. The molecule has 6 heteroatoms. The van der Waals surface area contributed by atoms with E-state index >= 15 is 0 Å². The number of rotatable bonds is 21. The van der Waals surface area contributed by atoms with Gasteiger partial charge in [0.05, 0.1) is 0 Å². The molecule has 174 valence electrons. The number of aliphatic hydroxyl groups is 3. The van der Waals surface area contributed by atoms with Gasteiger partial charge in [0, 0.05) is 39.1 Å². The Balaban J connectivity index is 2.47. The zero-order chi connectivity index (χ0) is 21.7. The van der Waals surface area contributed by atoms with Gasteiger partial charge in [-0.3, -0.25) is 0 Å². The molecule has 1 heterocycles. The van der Waals surface area contributed by atoms with Gasteiger partial charge in [0.2, 0.25) is 0 Å². The smallest absolute Gasteiger partial charge is 0.132 e. The Morgan fingerprint density at radius 2 is 0.567 bits per heavy atom. The predicted octanol–water partition coefficient (Wildman–Crippen LogP) is 4.33. The van der Waals surface area contributed by atoms with Gasteiger partial charge in [0.25, 0.3) is 0 Å². The van der Waals surface area contributed by atoms with Crippen molar-refractivity contribution in [3.05, 3.63) is 17.5 Å². The van der Waals surface area contributed by atoms with E-state index in [1.165, 1.54) is 0 Å². The second-order valence-corrected chi connectivity index (χ2v) is 8.31. The second kappa shape index (κ2) is 19.8. The van der Waals surface area contributed by atoms with Crippen molar-refractivity contribution in [1.29, 1.82) is 0 Å². The molecule has 0 aliphatic carbocycles. The molecule has 1 aromatic heterocycles. The minimum Gasteiger partial charge on any atom is -0.396 e. The highest BCUT2D eigenvalue weighted by Crippen LogP contribution is 2.12. The van der Waals surface area contributed by atoms with Crippen molar-refractivity contribution in [1.82, 2.24) is 15.0 Å². The third kappa shape index (κ3) is 14.8. The summed E-state index contributed by atoms with van der Waals surface area (Å²) in [6.07, 6.45) is 19.0. The Bertz CT molecular complexity index is 431. The molecule has 0 saturated carbocycles. The van der Waals surface area contributed by atoms with Crippen LogP contribution < -0.4 is 0 Å². The van der Waals surface area contributed by atoms with Crippen molar-refractivity contribution in [2.75, 3.05) is 19.8 Å². The van der Waals surface area contributed by atoms with Crippen LogP contribution in [0.15, 0.2) is 0 Å². The minimum atomic E-state index is 0.292. The van der Waals surface area contributed by atoms with Gasteiger partial charge in [-0.15, -0.1) is 0 Å². The standard InChI is InChI=1S/C24H45N3O3/c28-19-13-7-1-4-10-16-22-25-23(17-11-5-2-8-14-20-29)27-24(26-22)18-12-6-3-9-15-21-30/h28-30H,1-21H2. The van der Waals surface area contributed by atoms with Crippen LogP contribution in [0, 0.1) is 0 Å². The normalized spacial score (nSPS) is 11.3. The maximum absolute atomic E-state index is 8.88. The molecule has 1 rings (SSSR count). The summed E-state index contributed by atoms with van der Waals surface area (Å²) < 4.78 is 0. The van der Waals surface area contributed by atoms with Crippen LogP contribution in [0.25, 0.3) is 0 Å². The molecule has 0 bridgehead atoms. The Morgan fingerprint density at radius 3 is 0.833 bits per heavy atom. The third-order valence-corrected chi connectivity index (χ3v) is 5.45. The topological polar surface area (TPSA) is 99.4 Å². The summed E-state index contributed by atoms with van der Waals surface area (Å²) in [7, 11) is 0. The first kappa shape index (κ1) is 26.9. The first-order valence-electron chi connectivity index (χ1n) is 12.4. The Labute approximate surface area is 183 Å². The van der Waals surface area contributed by atoms with Gasteiger partial charge in [-0.1, -0.05) is 57.8 Å². The fourth-order valence-corrected chi connectivity index (χ4v) is 3.63. The van der Waals surface area contributed by atoms with Crippen LogP contribution in [0.5, 0.6) is 0 Å². The molecule has 1 aromatic rings. The number of aryl methyl sites for hydroxylation is 3. The van der Waals surface area contributed by atoms with Crippen LogP contribution in [0.2, 0.25) is 0 Å². The largest absolute Gasteiger partial charge is 0.396 e. The fourth-order valence-electron chi connectivity index (χ4n) is 3.63. The van der Waals surface area contributed by atoms with Crippen molar-refractivity contribution in [3.8, 4) is 0 Å². The lowest BCUT2D eigenvalue weighted by atomic mass is 10.1. The van der Waals surface area contributed by atoms with Gasteiger partial charge in [-0.25, -0.2) is 15.0 Å². The van der Waals surface area contributed by atoms with Crippen molar-refractivity contribution in [3.63, 3.8) is 0 Å². The van der Waals surface area contributed by atoms with Gasteiger partial charge < -0.3 is 15.3 Å². The average Bonchev–Trinajstić information content (AvgIpc) is 2.75. The monoisotopic (exact) mass is 423 g/mol. The third-order valence-electron chi connectivity index (χ3n) is 5.45. The number of hydrogen-bond donors (Lipinski definition) is 3. The minimum absolute atomic E-state index is 0.292. The highest BCUT2D eigenvalue weighted by atomic mass is 16.3. The Kier molecular flexibility index (Phi) is 17.8. The second-order valence-electron chi connectivity index (χ2n) is 8.31. The van der Waals surface area contributed by atoms with E-state index in [1.807, 2.05) is 0 Å². The molecule has 0 atom stereocenters. The van der Waals surface area contributed by atoms with Gasteiger partial charge in [-0.05, 0) is 38.5 Å². The highest BCUT2D eigenvalue weighted by molar-refractivity contribution is 4.99. The Morgan fingerprint density at radius 1 is 0.333 bits per heavy atom. The molecule has 30 heavy (non-hydrogen) atoms. The molecule has 0 unspecified atom stereocenters. The number of unbranched alkanes of at least 4 members (excludes halogenated alkanes) is 12. The summed E-state index contributed by atoms with van der Waals surface area (Å²) in [5, 5.41) is 26.6. The summed E-state index contributed by atoms with van der Waals surface area (Å²) in [6.45, 7) is 0.876. The maximum atomic E-state index is 8.88.